The largest absolute Gasteiger partial charge is 0.497 e. The fourth-order valence-corrected chi connectivity index (χ4v) is 6.91. The molecule has 1 atom stereocenters. The molecule has 0 bridgehead atoms. The molecule has 39 heavy (non-hydrogen) atoms. The Kier molecular flexibility index (Phi) is 9.78. The number of ether oxygens (including phenoxy) is 1. The average Bonchev–Trinajstić information content (AvgIpc) is 2.97. The highest BCUT2D eigenvalue weighted by molar-refractivity contribution is 7.91. The molecule has 0 saturated carbocycles. The number of benzene rings is 3. The van der Waals surface area contributed by atoms with Crippen LogP contribution in [0.1, 0.15) is 30.4 Å². The summed E-state index contributed by atoms with van der Waals surface area (Å²) in [6.07, 6.45) is 3.09. The summed E-state index contributed by atoms with van der Waals surface area (Å²) >= 11 is 0. The molecule has 208 valence electrons. The van der Waals surface area contributed by atoms with Crippen molar-refractivity contribution >= 4 is 15.7 Å². The van der Waals surface area contributed by atoms with Crippen molar-refractivity contribution in [2.45, 2.75) is 37.1 Å². The number of rotatable bonds is 11. The van der Waals surface area contributed by atoms with Crippen molar-refractivity contribution in [3.05, 3.63) is 83.9 Å². The Labute approximate surface area is 232 Å². The lowest BCUT2D eigenvalue weighted by molar-refractivity contribution is -0.136. The van der Waals surface area contributed by atoms with Gasteiger partial charge in [0.1, 0.15) is 5.75 Å². The van der Waals surface area contributed by atoms with E-state index in [1.54, 1.807) is 25.3 Å². The topological polar surface area (TPSA) is 116 Å². The molecule has 0 spiro atoms. The van der Waals surface area contributed by atoms with Crippen LogP contribution < -0.4 is 16.2 Å². The second kappa shape index (κ2) is 13.2. The van der Waals surface area contributed by atoms with Crippen LogP contribution in [0, 0.1) is 11.8 Å². The number of carbonyl (C=O) groups excluding carboxylic acids is 1. The Morgan fingerprint density at radius 2 is 1.64 bits per heavy atom. The Balaban J connectivity index is 1.58. The van der Waals surface area contributed by atoms with Crippen molar-refractivity contribution in [1.29, 1.82) is 0 Å². The number of hydrogen-bond donors (Lipinski definition) is 2. The van der Waals surface area contributed by atoms with Gasteiger partial charge in [-0.1, -0.05) is 48.5 Å². The summed E-state index contributed by atoms with van der Waals surface area (Å²) in [5, 5.41) is 0. The Morgan fingerprint density at radius 3 is 2.31 bits per heavy atom. The smallest absolute Gasteiger partial charge is 0.227 e. The van der Waals surface area contributed by atoms with E-state index < -0.39 is 15.8 Å². The van der Waals surface area contributed by atoms with Crippen molar-refractivity contribution in [2.24, 2.45) is 23.3 Å². The standard InChI is InChI=1S/C31H39N3O4S/c1-38-29-10-8-26(9-11-29)27-6-3-7-30(20-27)39(36,37)22-28(19-24-4-2-5-25(18-24)21-33)31(35)34-16-13-23(12-15-32)14-17-34/h2-11,18,20,23,28H,12-17,19,21-22,32-33H2,1H3. The van der Waals surface area contributed by atoms with Crippen LogP contribution in [0.15, 0.2) is 77.7 Å². The van der Waals surface area contributed by atoms with E-state index in [-0.39, 0.29) is 16.6 Å². The highest BCUT2D eigenvalue weighted by atomic mass is 32.2. The predicted octanol–water partition coefficient (Wildman–Crippen LogP) is 4.04. The first kappa shape index (κ1) is 28.8. The minimum atomic E-state index is -3.76. The van der Waals surface area contributed by atoms with Gasteiger partial charge < -0.3 is 21.1 Å². The van der Waals surface area contributed by atoms with E-state index >= 15 is 0 Å². The van der Waals surface area contributed by atoms with Crippen molar-refractivity contribution in [2.75, 3.05) is 32.5 Å². The minimum Gasteiger partial charge on any atom is -0.497 e. The zero-order chi connectivity index (χ0) is 27.8. The monoisotopic (exact) mass is 549 g/mol. The van der Waals surface area contributed by atoms with Crippen molar-refractivity contribution in [1.82, 2.24) is 4.90 Å². The van der Waals surface area contributed by atoms with Gasteiger partial charge in [-0.2, -0.15) is 0 Å². The molecule has 8 heteroatoms. The third kappa shape index (κ3) is 7.47. The van der Waals surface area contributed by atoms with Crippen LogP contribution in [0.5, 0.6) is 5.75 Å². The lowest BCUT2D eigenvalue weighted by Gasteiger charge is -2.34. The van der Waals surface area contributed by atoms with Crippen LogP contribution >= 0.6 is 0 Å². The first-order valence-corrected chi connectivity index (χ1v) is 15.2. The highest BCUT2D eigenvalue weighted by Crippen LogP contribution is 2.28. The Bertz CT molecular complexity index is 1350. The molecule has 1 aliphatic rings. The number of sulfone groups is 1. The van der Waals surface area contributed by atoms with Crippen molar-refractivity contribution in [3.63, 3.8) is 0 Å². The summed E-state index contributed by atoms with van der Waals surface area (Å²) in [6, 6.07) is 22.1. The molecule has 0 radical (unpaired) electrons. The van der Waals surface area contributed by atoms with E-state index in [1.807, 2.05) is 59.5 Å². The van der Waals surface area contributed by atoms with E-state index in [4.69, 9.17) is 16.2 Å². The molecule has 1 aliphatic heterocycles. The zero-order valence-electron chi connectivity index (χ0n) is 22.6. The van der Waals surface area contributed by atoms with Crippen LogP contribution in [-0.2, 0) is 27.6 Å². The van der Waals surface area contributed by atoms with Gasteiger partial charge in [-0.15, -0.1) is 0 Å². The first-order chi connectivity index (χ1) is 18.8. The van der Waals surface area contributed by atoms with E-state index in [0.29, 0.717) is 38.5 Å². The van der Waals surface area contributed by atoms with Crippen molar-refractivity contribution < 1.29 is 17.9 Å². The molecule has 7 nitrogen and oxygen atoms in total. The summed E-state index contributed by atoms with van der Waals surface area (Å²) in [7, 11) is -2.15. The summed E-state index contributed by atoms with van der Waals surface area (Å²) < 4.78 is 32.7. The second-order valence-corrected chi connectivity index (χ2v) is 12.3. The molecule has 1 heterocycles. The van der Waals surface area contributed by atoms with Crippen LogP contribution in [0.2, 0.25) is 0 Å². The van der Waals surface area contributed by atoms with Crippen LogP contribution in [-0.4, -0.2) is 51.7 Å². The summed E-state index contributed by atoms with van der Waals surface area (Å²) in [5.74, 6) is 0.193. The van der Waals surface area contributed by atoms with Crippen LogP contribution in [0.3, 0.4) is 0 Å². The number of carbonyl (C=O) groups is 1. The SMILES string of the molecule is COc1ccc(-c2cccc(S(=O)(=O)CC(Cc3cccc(CN)c3)C(=O)N3CCC(CCN)CC3)c2)cc1. The normalized spacial score (nSPS) is 15.2. The maximum Gasteiger partial charge on any atom is 0.227 e. The molecule has 0 aromatic heterocycles. The lowest BCUT2D eigenvalue weighted by atomic mass is 9.92. The Hall–Kier alpha value is -3.20. The number of nitrogens with zero attached hydrogens (tertiary/aromatic N) is 1. The summed E-state index contributed by atoms with van der Waals surface area (Å²) in [5.41, 5.74) is 15.1. The number of likely N-dealkylation sites (tertiary alicyclic amines) is 1. The van der Waals surface area contributed by atoms with E-state index in [1.165, 1.54) is 0 Å². The first-order valence-electron chi connectivity index (χ1n) is 13.6. The van der Waals surface area contributed by atoms with Gasteiger partial charge in [0.15, 0.2) is 9.84 Å². The average molecular weight is 550 g/mol. The van der Waals surface area contributed by atoms with Gasteiger partial charge in [0, 0.05) is 19.6 Å². The van der Waals surface area contributed by atoms with E-state index in [0.717, 1.165) is 47.3 Å². The van der Waals surface area contributed by atoms with Crippen molar-refractivity contribution in [3.8, 4) is 16.9 Å². The molecular formula is C31H39N3O4S. The number of methoxy groups -OCH3 is 1. The molecule has 0 aliphatic carbocycles. The second-order valence-electron chi connectivity index (χ2n) is 10.3. The highest BCUT2D eigenvalue weighted by Gasteiger charge is 2.32. The van der Waals surface area contributed by atoms with Crippen LogP contribution in [0.4, 0.5) is 0 Å². The summed E-state index contributed by atoms with van der Waals surface area (Å²) in [6.45, 7) is 2.30. The minimum absolute atomic E-state index is 0.103. The number of nitrogens with two attached hydrogens (primary N) is 2. The Morgan fingerprint density at radius 1 is 0.949 bits per heavy atom. The van der Waals surface area contributed by atoms with Gasteiger partial charge in [-0.25, -0.2) is 8.42 Å². The molecule has 4 rings (SSSR count). The molecular weight excluding hydrogens is 510 g/mol. The third-order valence-electron chi connectivity index (χ3n) is 7.60. The number of hydrogen-bond acceptors (Lipinski definition) is 6. The third-order valence-corrected chi connectivity index (χ3v) is 9.41. The van der Waals surface area contributed by atoms with Gasteiger partial charge in [-0.05, 0) is 84.7 Å². The predicted molar refractivity (Wildman–Crippen MR) is 155 cm³/mol. The van der Waals surface area contributed by atoms with E-state index in [2.05, 4.69) is 0 Å². The van der Waals surface area contributed by atoms with Gasteiger partial charge in [0.25, 0.3) is 0 Å². The maximum absolute atomic E-state index is 13.8. The zero-order valence-corrected chi connectivity index (χ0v) is 23.4. The molecule has 1 amide bonds. The number of piperidine rings is 1. The van der Waals surface area contributed by atoms with Gasteiger partial charge >= 0.3 is 0 Å². The molecule has 3 aromatic carbocycles. The number of amides is 1. The molecule has 3 aromatic rings. The lowest BCUT2D eigenvalue weighted by Crippen LogP contribution is -2.44. The van der Waals surface area contributed by atoms with Gasteiger partial charge in [-0.3, -0.25) is 4.79 Å². The fraction of sp³-hybridized carbons (Fsp3) is 0.387. The van der Waals surface area contributed by atoms with Gasteiger partial charge in [0.05, 0.1) is 23.7 Å². The van der Waals surface area contributed by atoms with Gasteiger partial charge in [0.2, 0.25) is 5.91 Å². The quantitative estimate of drug-likeness (QED) is 0.373. The maximum atomic E-state index is 13.8. The van der Waals surface area contributed by atoms with Crippen LogP contribution in [0.25, 0.3) is 11.1 Å². The molecule has 1 fully saturated rings. The molecule has 1 unspecified atom stereocenters. The summed E-state index contributed by atoms with van der Waals surface area (Å²) in [4.78, 5) is 15.8. The fourth-order valence-electron chi connectivity index (χ4n) is 5.34. The van der Waals surface area contributed by atoms with E-state index in [9.17, 15) is 13.2 Å². The molecule has 1 saturated heterocycles. The molecule has 4 N–H and O–H groups in total.